The molecule has 1 N–H and O–H groups in total. The summed E-state index contributed by atoms with van der Waals surface area (Å²) >= 11 is 1.20. The van der Waals surface area contributed by atoms with Crippen LogP contribution < -0.4 is 5.32 Å². The Bertz CT molecular complexity index is 673. The third-order valence-corrected chi connectivity index (χ3v) is 4.68. The zero-order chi connectivity index (χ0) is 16.2. The number of morpholine rings is 1. The fourth-order valence-corrected chi connectivity index (χ4v) is 3.27. The van der Waals surface area contributed by atoms with Gasteiger partial charge in [-0.15, -0.1) is 0 Å². The maximum atomic E-state index is 12.1. The molecule has 1 saturated heterocycles. The van der Waals surface area contributed by atoms with E-state index >= 15 is 0 Å². The average Bonchev–Trinajstić information content (AvgIpc) is 3.01. The van der Waals surface area contributed by atoms with Gasteiger partial charge in [0.1, 0.15) is 11.0 Å². The van der Waals surface area contributed by atoms with Crippen molar-refractivity contribution in [2.75, 3.05) is 19.7 Å². The molecule has 0 unspecified atom stereocenters. The molecule has 23 heavy (non-hydrogen) atoms. The maximum absolute atomic E-state index is 12.1. The van der Waals surface area contributed by atoms with Crippen molar-refractivity contribution in [3.8, 4) is 0 Å². The lowest BCUT2D eigenvalue weighted by atomic mass is 10.1. The molecule has 2 aromatic rings. The van der Waals surface area contributed by atoms with E-state index in [-0.39, 0.29) is 12.0 Å². The Morgan fingerprint density at radius 2 is 2.26 bits per heavy atom. The molecule has 124 valence electrons. The summed E-state index contributed by atoms with van der Waals surface area (Å²) < 4.78 is 14.1. The summed E-state index contributed by atoms with van der Waals surface area (Å²) in [6.07, 6.45) is 0.389. The van der Waals surface area contributed by atoms with E-state index in [4.69, 9.17) is 4.74 Å². The number of nitrogens with zero attached hydrogens (tertiary/aromatic N) is 3. The molecule has 7 heteroatoms. The van der Waals surface area contributed by atoms with Crippen LogP contribution in [0.4, 0.5) is 0 Å². The third-order valence-electron chi connectivity index (χ3n) is 4.12. The van der Waals surface area contributed by atoms with Crippen LogP contribution in [0.2, 0.25) is 0 Å². The molecular weight excluding hydrogens is 312 g/mol. The van der Waals surface area contributed by atoms with Crippen molar-refractivity contribution in [3.05, 3.63) is 23.8 Å². The van der Waals surface area contributed by atoms with Gasteiger partial charge in [-0.2, -0.15) is 8.75 Å². The molecule has 1 atom stereocenters. The highest BCUT2D eigenvalue weighted by molar-refractivity contribution is 7.00. The number of carbonyl (C=O) groups is 1. The minimum atomic E-state index is -0.0172. The van der Waals surface area contributed by atoms with Crippen molar-refractivity contribution in [2.45, 2.75) is 39.0 Å². The predicted octanol–water partition coefficient (Wildman–Crippen LogP) is 1.81. The normalized spacial score (nSPS) is 19.3. The van der Waals surface area contributed by atoms with E-state index in [1.807, 2.05) is 18.2 Å². The van der Waals surface area contributed by atoms with E-state index < -0.39 is 0 Å². The van der Waals surface area contributed by atoms with Crippen molar-refractivity contribution < 1.29 is 9.53 Å². The first-order valence-corrected chi connectivity index (χ1v) is 8.68. The first-order chi connectivity index (χ1) is 11.1. The fourth-order valence-electron chi connectivity index (χ4n) is 2.75. The van der Waals surface area contributed by atoms with Crippen molar-refractivity contribution in [1.82, 2.24) is 19.0 Å². The number of ether oxygens (including phenoxy) is 1. The monoisotopic (exact) mass is 334 g/mol. The molecule has 0 radical (unpaired) electrons. The van der Waals surface area contributed by atoms with Crippen LogP contribution in [0.3, 0.4) is 0 Å². The highest BCUT2D eigenvalue weighted by Gasteiger charge is 2.24. The standard InChI is InChI=1S/C16H22N4O2S/c1-11(2)20-5-6-22-13(10-20)8-16(21)17-9-12-3-4-14-15(7-12)19-23-18-14/h3-4,7,11,13H,5-6,8-10H2,1-2H3,(H,17,21)/t13-/m0/s1. The summed E-state index contributed by atoms with van der Waals surface area (Å²) in [7, 11) is 0. The minimum Gasteiger partial charge on any atom is -0.375 e. The SMILES string of the molecule is CC(C)N1CCO[C@@H](CC(=O)NCc2ccc3nsnc3c2)C1. The van der Waals surface area contributed by atoms with Crippen LogP contribution in [-0.4, -0.2) is 51.4 Å². The quantitative estimate of drug-likeness (QED) is 0.903. The average molecular weight is 334 g/mol. The zero-order valence-corrected chi connectivity index (χ0v) is 14.3. The summed E-state index contributed by atoms with van der Waals surface area (Å²) in [4.78, 5) is 14.5. The molecule has 6 nitrogen and oxygen atoms in total. The Hall–Kier alpha value is -1.57. The van der Waals surface area contributed by atoms with Crippen molar-refractivity contribution >= 4 is 28.7 Å². The summed E-state index contributed by atoms with van der Waals surface area (Å²) in [5, 5.41) is 2.96. The number of benzene rings is 1. The topological polar surface area (TPSA) is 67.3 Å². The van der Waals surface area contributed by atoms with Crippen LogP contribution in [0.25, 0.3) is 11.0 Å². The molecule has 0 saturated carbocycles. The van der Waals surface area contributed by atoms with Gasteiger partial charge in [0.2, 0.25) is 5.91 Å². The minimum absolute atomic E-state index is 0.0172. The van der Waals surface area contributed by atoms with Crippen LogP contribution in [0.15, 0.2) is 18.2 Å². The number of fused-ring (bicyclic) bond motifs is 1. The molecule has 3 rings (SSSR count). The number of nitrogens with one attached hydrogen (secondary N) is 1. The van der Waals surface area contributed by atoms with Crippen LogP contribution in [0, 0.1) is 0 Å². The third kappa shape index (κ3) is 4.25. The second-order valence-electron chi connectivity index (χ2n) is 6.15. The summed E-state index contributed by atoms with van der Waals surface area (Å²) in [5.41, 5.74) is 2.81. The smallest absolute Gasteiger partial charge is 0.222 e. The van der Waals surface area contributed by atoms with Crippen LogP contribution >= 0.6 is 11.7 Å². The molecular formula is C16H22N4O2S. The number of hydrogen-bond acceptors (Lipinski definition) is 6. The second kappa shape index (κ2) is 7.33. The molecule has 1 amide bonds. The zero-order valence-electron chi connectivity index (χ0n) is 13.5. The van der Waals surface area contributed by atoms with Gasteiger partial charge in [-0.3, -0.25) is 9.69 Å². The Morgan fingerprint density at radius 1 is 1.43 bits per heavy atom. The number of hydrogen-bond donors (Lipinski definition) is 1. The van der Waals surface area contributed by atoms with Gasteiger partial charge >= 0.3 is 0 Å². The molecule has 1 aromatic carbocycles. The van der Waals surface area contributed by atoms with Gasteiger partial charge in [-0.05, 0) is 31.5 Å². The van der Waals surface area contributed by atoms with Crippen molar-refractivity contribution in [2.24, 2.45) is 0 Å². The van der Waals surface area contributed by atoms with Crippen LogP contribution in [0.5, 0.6) is 0 Å². The summed E-state index contributed by atoms with van der Waals surface area (Å²) in [6, 6.07) is 6.37. The maximum Gasteiger partial charge on any atom is 0.222 e. The first-order valence-electron chi connectivity index (χ1n) is 7.95. The first kappa shape index (κ1) is 16.3. The molecule has 1 fully saturated rings. The molecule has 0 bridgehead atoms. The lowest BCUT2D eigenvalue weighted by Crippen LogP contribution is -2.47. The van der Waals surface area contributed by atoms with E-state index in [1.165, 1.54) is 11.7 Å². The summed E-state index contributed by atoms with van der Waals surface area (Å²) in [6.45, 7) is 7.31. The Balaban J connectivity index is 1.49. The molecule has 1 aliphatic rings. The molecule has 0 spiro atoms. The van der Waals surface area contributed by atoms with Gasteiger partial charge in [-0.25, -0.2) is 0 Å². The van der Waals surface area contributed by atoms with Crippen LogP contribution in [-0.2, 0) is 16.1 Å². The van der Waals surface area contributed by atoms with Gasteiger partial charge in [0, 0.05) is 25.7 Å². The lowest BCUT2D eigenvalue weighted by Gasteiger charge is -2.35. The molecule has 1 aromatic heterocycles. The molecule has 1 aliphatic heterocycles. The number of aromatic nitrogens is 2. The fraction of sp³-hybridized carbons (Fsp3) is 0.562. The van der Waals surface area contributed by atoms with Gasteiger partial charge in [0.25, 0.3) is 0 Å². The number of carbonyl (C=O) groups excluding carboxylic acids is 1. The Kier molecular flexibility index (Phi) is 5.20. The van der Waals surface area contributed by atoms with Gasteiger partial charge in [0.15, 0.2) is 0 Å². The Morgan fingerprint density at radius 3 is 3.09 bits per heavy atom. The van der Waals surface area contributed by atoms with E-state index in [9.17, 15) is 4.79 Å². The Labute approximate surface area is 140 Å². The van der Waals surface area contributed by atoms with E-state index in [0.717, 1.165) is 29.7 Å². The van der Waals surface area contributed by atoms with Crippen molar-refractivity contribution in [3.63, 3.8) is 0 Å². The highest BCUT2D eigenvalue weighted by Crippen LogP contribution is 2.14. The molecule has 2 heterocycles. The van der Waals surface area contributed by atoms with E-state index in [0.29, 0.717) is 25.6 Å². The molecule has 0 aliphatic carbocycles. The van der Waals surface area contributed by atoms with Gasteiger partial charge in [-0.1, -0.05) is 6.07 Å². The second-order valence-corrected chi connectivity index (χ2v) is 6.68. The largest absolute Gasteiger partial charge is 0.375 e. The van der Waals surface area contributed by atoms with Crippen molar-refractivity contribution in [1.29, 1.82) is 0 Å². The van der Waals surface area contributed by atoms with E-state index in [2.05, 4.69) is 32.8 Å². The van der Waals surface area contributed by atoms with Gasteiger partial charge in [0.05, 0.1) is 30.9 Å². The number of amides is 1. The van der Waals surface area contributed by atoms with Gasteiger partial charge < -0.3 is 10.1 Å². The number of rotatable bonds is 5. The highest BCUT2D eigenvalue weighted by atomic mass is 32.1. The van der Waals surface area contributed by atoms with E-state index in [1.54, 1.807) is 0 Å². The predicted molar refractivity (Wildman–Crippen MR) is 90.3 cm³/mol. The van der Waals surface area contributed by atoms with Crippen LogP contribution in [0.1, 0.15) is 25.8 Å². The summed E-state index contributed by atoms with van der Waals surface area (Å²) in [5.74, 6) is 0.0251. The lowest BCUT2D eigenvalue weighted by molar-refractivity contribution is -0.126.